The molecule has 0 saturated carbocycles. The number of nitrogens with two attached hydrogens (primary N) is 1. The summed E-state index contributed by atoms with van der Waals surface area (Å²) in [7, 11) is -2.09. The fourth-order valence-electron chi connectivity index (χ4n) is 1.79. The number of rotatable bonds is 6. The summed E-state index contributed by atoms with van der Waals surface area (Å²) in [5.41, 5.74) is 0.787. The Bertz CT molecular complexity index is 751. The summed E-state index contributed by atoms with van der Waals surface area (Å²) in [6.45, 7) is 0.786. The van der Waals surface area contributed by atoms with Gasteiger partial charge in [0, 0.05) is 18.5 Å². The van der Waals surface area contributed by atoms with Crippen molar-refractivity contribution in [2.45, 2.75) is 18.0 Å². The van der Waals surface area contributed by atoms with Gasteiger partial charge in [-0.2, -0.15) is 0 Å². The molecule has 1 amide bonds. The number of ether oxygens (including phenoxy) is 1. The number of primary sulfonamides is 1. The number of thiophene rings is 1. The molecule has 22 heavy (non-hydrogen) atoms. The molecule has 0 spiro atoms. The molecule has 8 heteroatoms. The number of carbonyl (C=O) groups excluding carboxylic acids is 1. The van der Waals surface area contributed by atoms with Crippen molar-refractivity contribution in [2.75, 3.05) is 7.11 Å². The number of hydrogen-bond donors (Lipinski definition) is 2. The molecular weight excluding hydrogens is 324 g/mol. The van der Waals surface area contributed by atoms with Gasteiger partial charge in [0.15, 0.2) is 0 Å². The van der Waals surface area contributed by atoms with E-state index in [-0.39, 0.29) is 10.8 Å². The van der Waals surface area contributed by atoms with Gasteiger partial charge >= 0.3 is 0 Å². The van der Waals surface area contributed by atoms with E-state index in [0.717, 1.165) is 10.4 Å². The largest absolute Gasteiger partial charge is 0.379 e. The molecule has 0 saturated heterocycles. The van der Waals surface area contributed by atoms with E-state index >= 15 is 0 Å². The highest BCUT2D eigenvalue weighted by atomic mass is 32.2. The average Bonchev–Trinajstić information content (AvgIpc) is 2.93. The third-order valence-electron chi connectivity index (χ3n) is 2.88. The minimum absolute atomic E-state index is 0.0463. The Kier molecular flexibility index (Phi) is 5.30. The summed E-state index contributed by atoms with van der Waals surface area (Å²) >= 11 is 1.37. The van der Waals surface area contributed by atoms with E-state index < -0.39 is 10.0 Å². The van der Waals surface area contributed by atoms with Crippen molar-refractivity contribution in [2.24, 2.45) is 5.14 Å². The van der Waals surface area contributed by atoms with E-state index in [1.165, 1.54) is 23.5 Å². The number of amides is 1. The maximum Gasteiger partial charge on any atom is 0.261 e. The summed E-state index contributed by atoms with van der Waals surface area (Å²) in [5, 5.41) is 7.80. The minimum Gasteiger partial charge on any atom is -0.379 e. The number of nitrogens with one attached hydrogen (secondary N) is 1. The van der Waals surface area contributed by atoms with Gasteiger partial charge in [-0.1, -0.05) is 12.1 Å². The molecule has 1 aromatic carbocycles. The van der Waals surface area contributed by atoms with Crippen molar-refractivity contribution in [3.8, 4) is 0 Å². The van der Waals surface area contributed by atoms with E-state index in [9.17, 15) is 13.2 Å². The zero-order chi connectivity index (χ0) is 16.2. The fraction of sp³-hybridized carbons (Fsp3) is 0.214. The third-order valence-corrected chi connectivity index (χ3v) is 4.86. The molecule has 0 atom stereocenters. The second kappa shape index (κ2) is 7.01. The highest BCUT2D eigenvalue weighted by Crippen LogP contribution is 2.17. The monoisotopic (exact) mass is 340 g/mol. The van der Waals surface area contributed by atoms with Crippen LogP contribution in [0.1, 0.15) is 20.1 Å². The Morgan fingerprint density at radius 2 is 1.91 bits per heavy atom. The van der Waals surface area contributed by atoms with Crippen molar-refractivity contribution in [3.63, 3.8) is 0 Å². The van der Waals surface area contributed by atoms with Gasteiger partial charge in [-0.3, -0.25) is 4.79 Å². The molecule has 0 aliphatic heterocycles. The lowest BCUT2D eigenvalue weighted by molar-refractivity contribution is 0.0955. The summed E-state index contributed by atoms with van der Waals surface area (Å²) in [6, 6.07) is 9.66. The molecule has 2 rings (SSSR count). The summed E-state index contributed by atoms with van der Waals surface area (Å²) in [5.74, 6) is -0.178. The molecular formula is C14H16N2O4S2. The molecule has 0 unspecified atom stereocenters. The number of hydrogen-bond acceptors (Lipinski definition) is 5. The van der Waals surface area contributed by atoms with Crippen LogP contribution in [0.15, 0.2) is 41.3 Å². The second-order valence-electron chi connectivity index (χ2n) is 4.57. The summed E-state index contributed by atoms with van der Waals surface area (Å²) < 4.78 is 27.3. The molecule has 1 aromatic heterocycles. The normalized spacial score (nSPS) is 11.4. The van der Waals surface area contributed by atoms with Gasteiger partial charge in [0.05, 0.1) is 16.4 Å². The van der Waals surface area contributed by atoms with Crippen LogP contribution in [-0.4, -0.2) is 21.4 Å². The van der Waals surface area contributed by atoms with Crippen molar-refractivity contribution in [1.29, 1.82) is 0 Å². The molecule has 118 valence electrons. The molecule has 1 heterocycles. The van der Waals surface area contributed by atoms with Gasteiger partial charge in [0.2, 0.25) is 10.0 Å². The molecule has 6 nitrogen and oxygen atoms in total. The molecule has 0 radical (unpaired) electrons. The van der Waals surface area contributed by atoms with Crippen molar-refractivity contribution in [3.05, 3.63) is 51.7 Å². The van der Waals surface area contributed by atoms with Crippen LogP contribution in [0.2, 0.25) is 0 Å². The van der Waals surface area contributed by atoms with Crippen LogP contribution in [-0.2, 0) is 27.9 Å². The predicted octanol–water partition coefficient (Wildman–Crippen LogP) is 1.47. The molecule has 0 fully saturated rings. The van der Waals surface area contributed by atoms with Crippen LogP contribution < -0.4 is 10.5 Å². The first kappa shape index (κ1) is 16.6. The quantitative estimate of drug-likeness (QED) is 0.832. The van der Waals surface area contributed by atoms with Crippen LogP contribution in [0, 0.1) is 0 Å². The minimum atomic E-state index is -3.69. The Morgan fingerprint density at radius 1 is 1.23 bits per heavy atom. The van der Waals surface area contributed by atoms with Crippen LogP contribution in [0.5, 0.6) is 0 Å². The molecule has 0 bridgehead atoms. The van der Waals surface area contributed by atoms with Crippen LogP contribution >= 0.6 is 11.3 Å². The van der Waals surface area contributed by atoms with Crippen molar-refractivity contribution < 1.29 is 17.9 Å². The van der Waals surface area contributed by atoms with Crippen molar-refractivity contribution in [1.82, 2.24) is 5.32 Å². The molecule has 2 aromatic rings. The second-order valence-corrected chi connectivity index (χ2v) is 7.30. The zero-order valence-corrected chi connectivity index (χ0v) is 13.5. The number of sulfonamides is 1. The molecule has 0 aliphatic rings. The standard InChI is InChI=1S/C14H16N2O4S2/c1-20-9-11-4-7-13(21-11)14(17)16-8-10-2-5-12(6-3-10)22(15,18)19/h2-7H,8-9H2,1H3,(H,16,17)(H2,15,18,19). The number of benzene rings is 1. The van der Waals surface area contributed by atoms with Gasteiger partial charge < -0.3 is 10.1 Å². The van der Waals surface area contributed by atoms with E-state index in [2.05, 4.69) is 5.32 Å². The average molecular weight is 340 g/mol. The Balaban J connectivity index is 1.95. The zero-order valence-electron chi connectivity index (χ0n) is 11.9. The maximum atomic E-state index is 12.0. The van der Waals surface area contributed by atoms with Gasteiger partial charge in [0.25, 0.3) is 5.91 Å². The van der Waals surface area contributed by atoms with Gasteiger partial charge in [-0.05, 0) is 29.8 Å². The number of methoxy groups -OCH3 is 1. The fourth-order valence-corrected chi connectivity index (χ4v) is 3.20. The van der Waals surface area contributed by atoms with Crippen LogP contribution in [0.25, 0.3) is 0 Å². The van der Waals surface area contributed by atoms with Crippen molar-refractivity contribution >= 4 is 27.3 Å². The first-order valence-electron chi connectivity index (χ1n) is 6.38. The molecule has 3 N–H and O–H groups in total. The lowest BCUT2D eigenvalue weighted by atomic mass is 10.2. The Hall–Kier alpha value is -1.74. The Morgan fingerprint density at radius 3 is 2.50 bits per heavy atom. The van der Waals surface area contributed by atoms with E-state index in [4.69, 9.17) is 9.88 Å². The highest BCUT2D eigenvalue weighted by Gasteiger charge is 2.10. The highest BCUT2D eigenvalue weighted by molar-refractivity contribution is 7.89. The smallest absolute Gasteiger partial charge is 0.261 e. The summed E-state index contributed by atoms with van der Waals surface area (Å²) in [4.78, 5) is 13.6. The van der Waals surface area contributed by atoms with Gasteiger partial charge in [0.1, 0.15) is 0 Å². The third kappa shape index (κ3) is 4.38. The van der Waals surface area contributed by atoms with Crippen LogP contribution in [0.3, 0.4) is 0 Å². The number of carbonyl (C=O) groups is 1. The first-order chi connectivity index (χ1) is 10.4. The summed E-state index contributed by atoms with van der Waals surface area (Å²) in [6.07, 6.45) is 0. The predicted molar refractivity (Wildman–Crippen MR) is 84.0 cm³/mol. The van der Waals surface area contributed by atoms with E-state index in [1.807, 2.05) is 6.07 Å². The maximum absolute atomic E-state index is 12.0. The SMILES string of the molecule is COCc1ccc(C(=O)NCc2ccc(S(N)(=O)=O)cc2)s1. The topological polar surface area (TPSA) is 98.5 Å². The Labute approximate surface area is 133 Å². The first-order valence-corrected chi connectivity index (χ1v) is 8.74. The van der Waals surface area contributed by atoms with Gasteiger partial charge in [-0.25, -0.2) is 13.6 Å². The van der Waals surface area contributed by atoms with E-state index in [0.29, 0.717) is 18.0 Å². The van der Waals surface area contributed by atoms with Gasteiger partial charge in [-0.15, -0.1) is 11.3 Å². The lowest BCUT2D eigenvalue weighted by Crippen LogP contribution is -2.21. The van der Waals surface area contributed by atoms with Crippen LogP contribution in [0.4, 0.5) is 0 Å². The lowest BCUT2D eigenvalue weighted by Gasteiger charge is -2.05. The molecule has 0 aliphatic carbocycles. The van der Waals surface area contributed by atoms with E-state index in [1.54, 1.807) is 25.3 Å².